The molecule has 1 N–H and O–H groups in total. The van der Waals surface area contributed by atoms with Crippen molar-refractivity contribution < 1.29 is 24.1 Å². The van der Waals surface area contributed by atoms with Crippen LogP contribution in [0.1, 0.15) is 32.6 Å². The van der Waals surface area contributed by atoms with Crippen LogP contribution in [0.3, 0.4) is 0 Å². The van der Waals surface area contributed by atoms with Crippen molar-refractivity contribution in [1.82, 2.24) is 0 Å². The molecule has 0 saturated carbocycles. The Hall–Kier alpha value is -2.63. The van der Waals surface area contributed by atoms with Crippen LogP contribution in [0.4, 0.5) is 0 Å². The number of aliphatic hydroxyl groups excluding tert-OH is 1. The molecule has 29 heavy (non-hydrogen) atoms. The monoisotopic (exact) mass is 398 g/mol. The van der Waals surface area contributed by atoms with Crippen LogP contribution >= 0.6 is 0 Å². The van der Waals surface area contributed by atoms with E-state index in [4.69, 9.17) is 19.3 Å². The predicted octanol–water partition coefficient (Wildman–Crippen LogP) is 4.78. The molecule has 0 saturated heterocycles. The number of ether oxygens (including phenoxy) is 3. The van der Waals surface area contributed by atoms with Crippen LogP contribution in [0, 0.1) is 0 Å². The van der Waals surface area contributed by atoms with Gasteiger partial charge >= 0.3 is 5.97 Å². The van der Waals surface area contributed by atoms with Gasteiger partial charge < -0.3 is 19.3 Å². The molecule has 0 heterocycles. The first kappa shape index (κ1) is 22.7. The predicted molar refractivity (Wildman–Crippen MR) is 114 cm³/mol. The van der Waals surface area contributed by atoms with Crippen molar-refractivity contribution in [3.8, 4) is 22.6 Å². The zero-order chi connectivity index (χ0) is 20.9. The maximum absolute atomic E-state index is 11.6. The lowest BCUT2D eigenvalue weighted by Crippen LogP contribution is -2.07. The van der Waals surface area contributed by atoms with Gasteiger partial charge in [-0.15, -0.1) is 0 Å². The van der Waals surface area contributed by atoms with E-state index in [-0.39, 0.29) is 6.61 Å². The minimum atomic E-state index is -0.422. The molecule has 2 aromatic carbocycles. The van der Waals surface area contributed by atoms with E-state index < -0.39 is 5.97 Å². The van der Waals surface area contributed by atoms with Gasteiger partial charge in [-0.05, 0) is 61.6 Å². The summed E-state index contributed by atoms with van der Waals surface area (Å²) in [5.41, 5.74) is 2.48. The Morgan fingerprint density at radius 2 is 1.38 bits per heavy atom. The zero-order valence-corrected chi connectivity index (χ0v) is 17.1. The van der Waals surface area contributed by atoms with E-state index in [1.165, 1.54) is 0 Å². The number of hydrogen-bond acceptors (Lipinski definition) is 5. The molecular formula is C24H30O5. The normalized spacial score (nSPS) is 10.6. The molecule has 5 heteroatoms. The van der Waals surface area contributed by atoms with Crippen molar-refractivity contribution in [1.29, 1.82) is 0 Å². The summed E-state index contributed by atoms with van der Waals surface area (Å²) in [6, 6.07) is 15.3. The summed E-state index contributed by atoms with van der Waals surface area (Å²) >= 11 is 0. The summed E-state index contributed by atoms with van der Waals surface area (Å²) in [6.45, 7) is 7.11. The maximum atomic E-state index is 11.6. The van der Waals surface area contributed by atoms with Crippen LogP contribution < -0.4 is 9.47 Å². The van der Waals surface area contributed by atoms with Gasteiger partial charge in [-0.3, -0.25) is 0 Å². The Kier molecular flexibility index (Phi) is 9.96. The molecule has 0 atom stereocenters. The lowest BCUT2D eigenvalue weighted by Gasteiger charge is -2.08. The standard InChI is InChI=1S/C24H30O5/c1-19(2)24(26)29-23-13-9-21(10-14-23)20-7-11-22(12-8-20)28-17-6-4-3-5-16-27-18-15-25/h7-14,25H,1,3-6,15-18H2,2H3. The lowest BCUT2D eigenvalue weighted by molar-refractivity contribution is -0.130. The Bertz CT molecular complexity index is 750. The van der Waals surface area contributed by atoms with E-state index in [9.17, 15) is 4.79 Å². The minimum Gasteiger partial charge on any atom is -0.494 e. The molecule has 5 nitrogen and oxygen atoms in total. The van der Waals surface area contributed by atoms with Crippen LogP contribution in [0.5, 0.6) is 11.5 Å². The van der Waals surface area contributed by atoms with Gasteiger partial charge in [0.1, 0.15) is 11.5 Å². The smallest absolute Gasteiger partial charge is 0.338 e. The van der Waals surface area contributed by atoms with Crippen molar-refractivity contribution in [3.63, 3.8) is 0 Å². The molecule has 0 aliphatic heterocycles. The Balaban J connectivity index is 1.71. The Morgan fingerprint density at radius 1 is 0.828 bits per heavy atom. The third-order valence-electron chi connectivity index (χ3n) is 4.29. The highest BCUT2D eigenvalue weighted by atomic mass is 16.5. The highest BCUT2D eigenvalue weighted by Gasteiger charge is 2.06. The van der Waals surface area contributed by atoms with Gasteiger partial charge in [0.15, 0.2) is 0 Å². The Labute approximate surface area is 172 Å². The number of aliphatic hydroxyl groups is 1. The molecule has 0 amide bonds. The SMILES string of the molecule is C=C(C)C(=O)Oc1ccc(-c2ccc(OCCCCCCOCCO)cc2)cc1. The van der Waals surface area contributed by atoms with E-state index in [1.54, 1.807) is 19.1 Å². The summed E-state index contributed by atoms with van der Waals surface area (Å²) in [4.78, 5) is 11.6. The van der Waals surface area contributed by atoms with Crippen LogP contribution in [0.25, 0.3) is 11.1 Å². The first-order valence-electron chi connectivity index (χ1n) is 10.00. The topological polar surface area (TPSA) is 65.0 Å². The largest absolute Gasteiger partial charge is 0.494 e. The molecule has 0 unspecified atom stereocenters. The van der Waals surface area contributed by atoms with Gasteiger partial charge in [-0.2, -0.15) is 0 Å². The summed E-state index contributed by atoms with van der Waals surface area (Å²) in [7, 11) is 0. The molecule has 0 fully saturated rings. The van der Waals surface area contributed by atoms with Crippen molar-refractivity contribution in [2.45, 2.75) is 32.6 Å². The van der Waals surface area contributed by atoms with Gasteiger partial charge in [0.2, 0.25) is 0 Å². The fourth-order valence-corrected chi connectivity index (χ4v) is 2.67. The number of hydrogen-bond donors (Lipinski definition) is 1. The summed E-state index contributed by atoms with van der Waals surface area (Å²) in [5, 5.41) is 8.62. The van der Waals surface area contributed by atoms with E-state index in [0.29, 0.717) is 31.1 Å². The second-order valence-corrected chi connectivity index (χ2v) is 6.82. The number of carbonyl (C=O) groups is 1. The van der Waals surface area contributed by atoms with Gasteiger partial charge in [0, 0.05) is 12.2 Å². The van der Waals surface area contributed by atoms with E-state index >= 15 is 0 Å². The number of unbranched alkanes of at least 4 members (excludes halogenated alkanes) is 3. The first-order chi connectivity index (χ1) is 14.1. The molecule has 0 bridgehead atoms. The lowest BCUT2D eigenvalue weighted by atomic mass is 10.1. The van der Waals surface area contributed by atoms with Gasteiger partial charge in [-0.25, -0.2) is 4.79 Å². The summed E-state index contributed by atoms with van der Waals surface area (Å²) < 4.78 is 16.2. The average molecular weight is 398 g/mol. The van der Waals surface area contributed by atoms with Crippen molar-refractivity contribution in [2.24, 2.45) is 0 Å². The zero-order valence-electron chi connectivity index (χ0n) is 17.1. The number of rotatable bonds is 13. The van der Waals surface area contributed by atoms with Gasteiger partial charge in [0.05, 0.1) is 19.8 Å². The van der Waals surface area contributed by atoms with Crippen molar-refractivity contribution >= 4 is 5.97 Å². The molecule has 156 valence electrons. The highest BCUT2D eigenvalue weighted by molar-refractivity contribution is 5.88. The highest BCUT2D eigenvalue weighted by Crippen LogP contribution is 2.25. The molecule has 0 aliphatic rings. The fourth-order valence-electron chi connectivity index (χ4n) is 2.67. The third kappa shape index (κ3) is 8.50. The molecular weight excluding hydrogens is 368 g/mol. The summed E-state index contributed by atoms with van der Waals surface area (Å²) in [6.07, 6.45) is 4.22. The molecule has 0 aliphatic carbocycles. The van der Waals surface area contributed by atoms with Crippen LogP contribution in [-0.4, -0.2) is 37.5 Å². The van der Waals surface area contributed by atoms with Crippen molar-refractivity contribution in [3.05, 3.63) is 60.7 Å². The molecule has 0 radical (unpaired) electrons. The van der Waals surface area contributed by atoms with Crippen LogP contribution in [0.2, 0.25) is 0 Å². The average Bonchev–Trinajstić information content (AvgIpc) is 2.73. The number of esters is 1. The Morgan fingerprint density at radius 3 is 1.93 bits per heavy atom. The first-order valence-corrected chi connectivity index (χ1v) is 10.00. The fraction of sp³-hybridized carbons (Fsp3) is 0.375. The van der Waals surface area contributed by atoms with Gasteiger partial charge in [-0.1, -0.05) is 37.3 Å². The van der Waals surface area contributed by atoms with E-state index in [0.717, 1.165) is 42.6 Å². The number of benzene rings is 2. The molecule has 0 aromatic heterocycles. The summed E-state index contributed by atoms with van der Waals surface area (Å²) in [5.74, 6) is 0.933. The van der Waals surface area contributed by atoms with Crippen LogP contribution in [-0.2, 0) is 9.53 Å². The molecule has 2 aromatic rings. The molecule has 2 rings (SSSR count). The maximum Gasteiger partial charge on any atom is 0.338 e. The minimum absolute atomic E-state index is 0.0861. The third-order valence-corrected chi connectivity index (χ3v) is 4.29. The molecule has 0 spiro atoms. The second kappa shape index (κ2) is 12.8. The number of carbonyl (C=O) groups excluding carboxylic acids is 1. The van der Waals surface area contributed by atoms with Crippen molar-refractivity contribution in [2.75, 3.05) is 26.4 Å². The van der Waals surface area contributed by atoms with Crippen LogP contribution in [0.15, 0.2) is 60.7 Å². The second-order valence-electron chi connectivity index (χ2n) is 6.82. The quantitative estimate of drug-likeness (QED) is 0.228. The van der Waals surface area contributed by atoms with E-state index in [1.807, 2.05) is 36.4 Å². The van der Waals surface area contributed by atoms with Gasteiger partial charge in [0.25, 0.3) is 0 Å². The van der Waals surface area contributed by atoms with E-state index in [2.05, 4.69) is 6.58 Å².